The largest absolute Gasteiger partial charge is 0.363 e. The lowest BCUT2D eigenvalue weighted by Gasteiger charge is -2.18. The van der Waals surface area contributed by atoms with Gasteiger partial charge in [-0.2, -0.15) is 0 Å². The van der Waals surface area contributed by atoms with E-state index in [0.717, 1.165) is 12.0 Å². The molecule has 4 heteroatoms. The molecule has 0 fully saturated rings. The zero-order valence-corrected chi connectivity index (χ0v) is 10.8. The number of hydrogen-bond acceptors (Lipinski definition) is 2. The van der Waals surface area contributed by atoms with E-state index in [1.807, 2.05) is 25.1 Å². The van der Waals surface area contributed by atoms with Gasteiger partial charge in [0, 0.05) is 0 Å². The molecule has 1 unspecified atom stereocenters. The van der Waals surface area contributed by atoms with Crippen LogP contribution in [0.4, 0.5) is 10.2 Å². The zero-order chi connectivity index (χ0) is 13.0. The molecule has 1 N–H and O–H groups in total. The summed E-state index contributed by atoms with van der Waals surface area (Å²) in [6.07, 6.45) is 0.831. The van der Waals surface area contributed by atoms with E-state index in [1.54, 1.807) is 12.1 Å². The van der Waals surface area contributed by atoms with Crippen LogP contribution in [0, 0.1) is 5.82 Å². The highest BCUT2D eigenvalue weighted by Crippen LogP contribution is 2.22. The highest BCUT2D eigenvalue weighted by Gasteiger charge is 2.10. The Balaban J connectivity index is 2.19. The van der Waals surface area contributed by atoms with Crippen molar-refractivity contribution >= 4 is 17.4 Å². The summed E-state index contributed by atoms with van der Waals surface area (Å²) in [6.45, 7) is 2.03. The van der Waals surface area contributed by atoms with Crippen molar-refractivity contribution in [2.24, 2.45) is 0 Å². The van der Waals surface area contributed by atoms with Crippen LogP contribution in [0.2, 0.25) is 5.15 Å². The van der Waals surface area contributed by atoms with Gasteiger partial charge < -0.3 is 5.32 Å². The minimum atomic E-state index is -0.230. The Hall–Kier alpha value is -1.61. The van der Waals surface area contributed by atoms with Gasteiger partial charge >= 0.3 is 0 Å². The van der Waals surface area contributed by atoms with E-state index in [0.29, 0.717) is 11.0 Å². The number of aromatic nitrogens is 1. The molecule has 0 aliphatic carbocycles. The molecular weight excluding hydrogens is 251 g/mol. The third kappa shape index (κ3) is 3.20. The molecule has 18 heavy (non-hydrogen) atoms. The predicted molar refractivity (Wildman–Crippen MR) is 72.3 cm³/mol. The molecule has 2 nitrogen and oxygen atoms in total. The molecular formula is C14H14ClFN2. The van der Waals surface area contributed by atoms with E-state index in [9.17, 15) is 4.39 Å². The standard InChI is InChI=1S/C14H14ClFN2/c1-2-12(10-5-3-6-11(16)9-10)17-14-8-4-7-13(15)18-14/h3-9,12H,2H2,1H3,(H,17,18). The Morgan fingerprint density at radius 3 is 2.72 bits per heavy atom. The molecule has 0 aliphatic heterocycles. The molecule has 1 atom stereocenters. The Labute approximate surface area is 111 Å². The molecule has 0 amide bonds. The van der Waals surface area contributed by atoms with Gasteiger partial charge in [-0.3, -0.25) is 0 Å². The molecule has 0 saturated carbocycles. The Morgan fingerprint density at radius 2 is 2.06 bits per heavy atom. The molecule has 0 radical (unpaired) electrons. The molecule has 1 aromatic carbocycles. The number of nitrogens with zero attached hydrogens (tertiary/aromatic N) is 1. The van der Waals surface area contributed by atoms with Crippen LogP contribution >= 0.6 is 11.6 Å². The monoisotopic (exact) mass is 264 g/mol. The van der Waals surface area contributed by atoms with Crippen LogP contribution in [0.5, 0.6) is 0 Å². The minimum Gasteiger partial charge on any atom is -0.363 e. The van der Waals surface area contributed by atoms with Gasteiger partial charge in [-0.05, 0) is 36.2 Å². The fourth-order valence-electron chi connectivity index (χ4n) is 1.81. The molecule has 94 valence electrons. The average Bonchev–Trinajstić information content (AvgIpc) is 2.36. The highest BCUT2D eigenvalue weighted by molar-refractivity contribution is 6.29. The second-order valence-electron chi connectivity index (χ2n) is 4.01. The SMILES string of the molecule is CCC(Nc1cccc(Cl)n1)c1cccc(F)c1. The number of pyridine rings is 1. The van der Waals surface area contributed by atoms with Crippen molar-refractivity contribution in [2.75, 3.05) is 5.32 Å². The maximum Gasteiger partial charge on any atom is 0.131 e. The van der Waals surface area contributed by atoms with Crippen molar-refractivity contribution in [3.05, 3.63) is 59.0 Å². The van der Waals surface area contributed by atoms with Crippen molar-refractivity contribution in [3.8, 4) is 0 Å². The van der Waals surface area contributed by atoms with Crippen LogP contribution in [0.3, 0.4) is 0 Å². The quantitative estimate of drug-likeness (QED) is 0.826. The maximum absolute atomic E-state index is 13.2. The molecule has 1 heterocycles. The predicted octanol–water partition coefficient (Wildman–Crippen LogP) is 4.44. The first-order valence-electron chi connectivity index (χ1n) is 5.83. The third-order valence-electron chi connectivity index (χ3n) is 2.70. The van der Waals surface area contributed by atoms with Gasteiger partial charge in [0.25, 0.3) is 0 Å². The lowest BCUT2D eigenvalue weighted by atomic mass is 10.0. The van der Waals surface area contributed by atoms with Crippen molar-refractivity contribution in [2.45, 2.75) is 19.4 Å². The maximum atomic E-state index is 13.2. The van der Waals surface area contributed by atoms with Gasteiger partial charge in [0.05, 0.1) is 6.04 Å². The van der Waals surface area contributed by atoms with Gasteiger partial charge in [0.1, 0.15) is 16.8 Å². The fraction of sp³-hybridized carbons (Fsp3) is 0.214. The van der Waals surface area contributed by atoms with Gasteiger partial charge in [0.15, 0.2) is 0 Å². The summed E-state index contributed by atoms with van der Waals surface area (Å²) in [7, 11) is 0. The number of rotatable bonds is 4. The average molecular weight is 265 g/mol. The van der Waals surface area contributed by atoms with Crippen molar-refractivity contribution in [1.82, 2.24) is 4.98 Å². The second kappa shape index (κ2) is 5.83. The van der Waals surface area contributed by atoms with Crippen LogP contribution < -0.4 is 5.32 Å². The van der Waals surface area contributed by atoms with E-state index in [-0.39, 0.29) is 11.9 Å². The Morgan fingerprint density at radius 1 is 1.28 bits per heavy atom. The molecule has 1 aromatic heterocycles. The molecule has 2 rings (SSSR count). The van der Waals surface area contributed by atoms with E-state index in [2.05, 4.69) is 10.3 Å². The first kappa shape index (κ1) is 12.8. The summed E-state index contributed by atoms with van der Waals surface area (Å²) < 4.78 is 13.2. The first-order valence-corrected chi connectivity index (χ1v) is 6.21. The summed E-state index contributed by atoms with van der Waals surface area (Å²) in [6, 6.07) is 12.0. The van der Waals surface area contributed by atoms with Crippen LogP contribution in [-0.2, 0) is 0 Å². The number of halogens is 2. The van der Waals surface area contributed by atoms with Crippen molar-refractivity contribution in [3.63, 3.8) is 0 Å². The van der Waals surface area contributed by atoms with Crippen molar-refractivity contribution < 1.29 is 4.39 Å². The van der Waals surface area contributed by atoms with E-state index in [1.165, 1.54) is 12.1 Å². The summed E-state index contributed by atoms with van der Waals surface area (Å²) in [5.41, 5.74) is 0.902. The topological polar surface area (TPSA) is 24.9 Å². The van der Waals surface area contributed by atoms with Gasteiger partial charge in [-0.1, -0.05) is 36.7 Å². The molecule has 0 saturated heterocycles. The van der Waals surface area contributed by atoms with Gasteiger partial charge in [-0.15, -0.1) is 0 Å². The zero-order valence-electron chi connectivity index (χ0n) is 10.0. The minimum absolute atomic E-state index is 0.0201. The summed E-state index contributed by atoms with van der Waals surface area (Å²) >= 11 is 5.83. The fourth-order valence-corrected chi connectivity index (χ4v) is 1.98. The van der Waals surface area contributed by atoms with Gasteiger partial charge in [0.2, 0.25) is 0 Å². The number of benzene rings is 1. The number of nitrogens with one attached hydrogen (secondary N) is 1. The van der Waals surface area contributed by atoms with Gasteiger partial charge in [-0.25, -0.2) is 9.37 Å². The Kier molecular flexibility index (Phi) is 4.15. The summed E-state index contributed by atoms with van der Waals surface area (Å²) in [5.74, 6) is 0.463. The molecule has 2 aromatic rings. The molecule has 0 spiro atoms. The third-order valence-corrected chi connectivity index (χ3v) is 2.91. The number of anilines is 1. The molecule has 0 aliphatic rings. The first-order chi connectivity index (χ1) is 8.69. The molecule has 0 bridgehead atoms. The van der Waals surface area contributed by atoms with Crippen LogP contribution in [0.1, 0.15) is 24.9 Å². The highest BCUT2D eigenvalue weighted by atomic mass is 35.5. The smallest absolute Gasteiger partial charge is 0.131 e. The van der Waals surface area contributed by atoms with Crippen molar-refractivity contribution in [1.29, 1.82) is 0 Å². The lowest BCUT2D eigenvalue weighted by molar-refractivity contribution is 0.620. The van der Waals surface area contributed by atoms with E-state index in [4.69, 9.17) is 11.6 Å². The number of hydrogen-bond donors (Lipinski definition) is 1. The lowest BCUT2D eigenvalue weighted by Crippen LogP contribution is -2.10. The van der Waals surface area contributed by atoms with E-state index >= 15 is 0 Å². The van der Waals surface area contributed by atoms with Crippen LogP contribution in [0.25, 0.3) is 0 Å². The second-order valence-corrected chi connectivity index (χ2v) is 4.39. The van der Waals surface area contributed by atoms with Crippen LogP contribution in [0.15, 0.2) is 42.5 Å². The summed E-state index contributed by atoms with van der Waals surface area (Å²) in [4.78, 5) is 4.17. The van der Waals surface area contributed by atoms with Crippen LogP contribution in [-0.4, -0.2) is 4.98 Å². The van der Waals surface area contributed by atoms with E-state index < -0.39 is 0 Å². The normalized spacial score (nSPS) is 12.2. The summed E-state index contributed by atoms with van der Waals surface area (Å²) in [5, 5.41) is 3.69. The Bertz CT molecular complexity index is 531.